The van der Waals surface area contributed by atoms with E-state index in [-0.39, 0.29) is 0 Å². The molecule has 0 fully saturated rings. The lowest BCUT2D eigenvalue weighted by atomic mass is 10.0. The van der Waals surface area contributed by atoms with Crippen molar-refractivity contribution in [2.24, 2.45) is 7.05 Å². The smallest absolute Gasteiger partial charge is 0.168 e. The van der Waals surface area contributed by atoms with E-state index in [2.05, 4.69) is 36.3 Å². The summed E-state index contributed by atoms with van der Waals surface area (Å²) < 4.78 is 1.61. The summed E-state index contributed by atoms with van der Waals surface area (Å²) in [4.78, 5) is 10.8. The number of rotatable bonds is 7. The maximum Gasteiger partial charge on any atom is 0.168 e. The molecule has 0 saturated heterocycles. The molecule has 1 heterocycles. The van der Waals surface area contributed by atoms with E-state index in [0.29, 0.717) is 5.69 Å². The molecular weight excluding hydrogens is 248 g/mol. The Morgan fingerprint density at radius 3 is 2.50 bits per heavy atom. The number of hydrogen-bond donors (Lipinski definition) is 0. The van der Waals surface area contributed by atoms with Gasteiger partial charge in [0.15, 0.2) is 6.29 Å². The molecule has 0 radical (unpaired) electrons. The highest BCUT2D eigenvalue weighted by molar-refractivity contribution is 5.75. The molecule has 0 aliphatic carbocycles. The zero-order chi connectivity index (χ0) is 14.4. The standard InChI is InChI=1S/C17H22N2O/c1-3-4-5-6-7-14-8-10-15(11-9-14)17-12-16(13-20)19(2)18-17/h8-13H,3-7H2,1-2H3. The van der Waals surface area contributed by atoms with Crippen molar-refractivity contribution in [3.63, 3.8) is 0 Å². The third-order valence-corrected chi connectivity index (χ3v) is 3.61. The predicted molar refractivity (Wildman–Crippen MR) is 81.9 cm³/mol. The van der Waals surface area contributed by atoms with Crippen LogP contribution in [0.15, 0.2) is 30.3 Å². The van der Waals surface area contributed by atoms with E-state index in [1.165, 1.54) is 31.2 Å². The highest BCUT2D eigenvalue weighted by atomic mass is 16.1. The fourth-order valence-corrected chi connectivity index (χ4v) is 2.33. The lowest BCUT2D eigenvalue weighted by molar-refractivity contribution is 0.111. The first kappa shape index (κ1) is 14.5. The van der Waals surface area contributed by atoms with Crippen LogP contribution in [0.1, 0.15) is 48.7 Å². The van der Waals surface area contributed by atoms with Crippen LogP contribution < -0.4 is 0 Å². The monoisotopic (exact) mass is 270 g/mol. The van der Waals surface area contributed by atoms with Crippen molar-refractivity contribution >= 4 is 6.29 Å². The second-order valence-corrected chi connectivity index (χ2v) is 5.20. The highest BCUT2D eigenvalue weighted by Gasteiger charge is 2.06. The Balaban J connectivity index is 2.01. The summed E-state index contributed by atoms with van der Waals surface area (Å²) >= 11 is 0. The van der Waals surface area contributed by atoms with Gasteiger partial charge >= 0.3 is 0 Å². The first-order valence-electron chi connectivity index (χ1n) is 7.33. The first-order chi connectivity index (χ1) is 9.74. The van der Waals surface area contributed by atoms with E-state index in [9.17, 15) is 4.79 Å². The van der Waals surface area contributed by atoms with E-state index in [1.54, 1.807) is 11.7 Å². The van der Waals surface area contributed by atoms with Gasteiger partial charge in [0.1, 0.15) is 5.69 Å². The molecule has 0 spiro atoms. The number of unbranched alkanes of at least 4 members (excludes halogenated alkanes) is 3. The molecule has 2 rings (SSSR count). The number of benzene rings is 1. The van der Waals surface area contributed by atoms with Crippen LogP contribution in [0.3, 0.4) is 0 Å². The molecule has 1 aromatic heterocycles. The van der Waals surface area contributed by atoms with Gasteiger partial charge in [0.05, 0.1) is 5.69 Å². The minimum absolute atomic E-state index is 0.601. The number of aldehydes is 1. The van der Waals surface area contributed by atoms with Crippen molar-refractivity contribution in [1.29, 1.82) is 0 Å². The van der Waals surface area contributed by atoms with Crippen LogP contribution in [-0.2, 0) is 13.5 Å². The Morgan fingerprint density at radius 1 is 1.15 bits per heavy atom. The molecule has 20 heavy (non-hydrogen) atoms. The molecule has 3 nitrogen and oxygen atoms in total. The molecule has 3 heteroatoms. The number of nitrogens with zero attached hydrogens (tertiary/aromatic N) is 2. The molecule has 1 aromatic carbocycles. The van der Waals surface area contributed by atoms with Gasteiger partial charge in [0.25, 0.3) is 0 Å². The topological polar surface area (TPSA) is 34.9 Å². The van der Waals surface area contributed by atoms with Crippen LogP contribution in [-0.4, -0.2) is 16.1 Å². The molecule has 0 unspecified atom stereocenters. The van der Waals surface area contributed by atoms with Crippen LogP contribution in [0.25, 0.3) is 11.3 Å². The zero-order valence-electron chi connectivity index (χ0n) is 12.3. The average Bonchev–Trinajstić information content (AvgIpc) is 2.85. The third kappa shape index (κ3) is 3.56. The summed E-state index contributed by atoms with van der Waals surface area (Å²) in [5, 5.41) is 4.35. The molecule has 0 aliphatic heterocycles. The summed E-state index contributed by atoms with van der Waals surface area (Å²) in [5.41, 5.74) is 3.89. The lowest BCUT2D eigenvalue weighted by Crippen LogP contribution is -1.95. The largest absolute Gasteiger partial charge is 0.296 e. The van der Waals surface area contributed by atoms with Gasteiger partial charge in [0, 0.05) is 12.6 Å². The van der Waals surface area contributed by atoms with Crippen LogP contribution in [0.5, 0.6) is 0 Å². The molecule has 0 atom stereocenters. The van der Waals surface area contributed by atoms with Crippen molar-refractivity contribution in [2.45, 2.75) is 39.0 Å². The second-order valence-electron chi connectivity index (χ2n) is 5.20. The fourth-order valence-electron chi connectivity index (χ4n) is 2.33. The Hall–Kier alpha value is -1.90. The average molecular weight is 270 g/mol. The van der Waals surface area contributed by atoms with E-state index in [0.717, 1.165) is 24.0 Å². The van der Waals surface area contributed by atoms with Crippen LogP contribution in [0.4, 0.5) is 0 Å². The van der Waals surface area contributed by atoms with Gasteiger partial charge in [0.2, 0.25) is 0 Å². The number of carbonyl (C=O) groups is 1. The summed E-state index contributed by atoms with van der Waals surface area (Å²) in [6.45, 7) is 2.23. The number of aryl methyl sites for hydroxylation is 2. The van der Waals surface area contributed by atoms with Gasteiger partial charge in [-0.05, 0) is 24.5 Å². The van der Waals surface area contributed by atoms with Gasteiger partial charge in [-0.1, -0.05) is 50.5 Å². The molecule has 0 amide bonds. The van der Waals surface area contributed by atoms with Gasteiger partial charge in [-0.15, -0.1) is 0 Å². The van der Waals surface area contributed by atoms with Crippen LogP contribution in [0, 0.1) is 0 Å². The Bertz CT molecular complexity index is 555. The van der Waals surface area contributed by atoms with Crippen LogP contribution in [0.2, 0.25) is 0 Å². The SMILES string of the molecule is CCCCCCc1ccc(-c2cc(C=O)n(C)n2)cc1. The highest BCUT2D eigenvalue weighted by Crippen LogP contribution is 2.19. The Labute approximate surface area is 120 Å². The van der Waals surface area contributed by atoms with Crippen molar-refractivity contribution in [1.82, 2.24) is 9.78 Å². The van der Waals surface area contributed by atoms with E-state index >= 15 is 0 Å². The third-order valence-electron chi connectivity index (χ3n) is 3.61. The normalized spacial score (nSPS) is 10.7. The molecule has 2 aromatic rings. The zero-order valence-corrected chi connectivity index (χ0v) is 12.3. The van der Waals surface area contributed by atoms with Crippen molar-refractivity contribution < 1.29 is 4.79 Å². The molecule has 0 aliphatic rings. The van der Waals surface area contributed by atoms with Gasteiger partial charge in [-0.2, -0.15) is 5.10 Å². The quantitative estimate of drug-likeness (QED) is 0.562. The van der Waals surface area contributed by atoms with Crippen LogP contribution >= 0.6 is 0 Å². The Kier molecular flexibility index (Phi) is 5.10. The van der Waals surface area contributed by atoms with Gasteiger partial charge in [-0.25, -0.2) is 0 Å². The van der Waals surface area contributed by atoms with Crippen molar-refractivity contribution in [3.05, 3.63) is 41.6 Å². The molecule has 0 bridgehead atoms. The van der Waals surface area contributed by atoms with Gasteiger partial charge < -0.3 is 0 Å². The maximum absolute atomic E-state index is 10.8. The summed E-state index contributed by atoms with van der Waals surface area (Å²) in [6.07, 6.45) is 7.13. The number of carbonyl (C=O) groups excluding carboxylic acids is 1. The van der Waals surface area contributed by atoms with Crippen molar-refractivity contribution in [2.75, 3.05) is 0 Å². The van der Waals surface area contributed by atoms with Gasteiger partial charge in [-0.3, -0.25) is 9.48 Å². The van der Waals surface area contributed by atoms with E-state index in [1.807, 2.05) is 6.07 Å². The predicted octanol–water partition coefficient (Wildman–Crippen LogP) is 4.02. The second kappa shape index (κ2) is 7.04. The fraction of sp³-hybridized carbons (Fsp3) is 0.412. The lowest BCUT2D eigenvalue weighted by Gasteiger charge is -2.02. The van der Waals surface area contributed by atoms with E-state index < -0.39 is 0 Å². The minimum atomic E-state index is 0.601. The van der Waals surface area contributed by atoms with E-state index in [4.69, 9.17) is 0 Å². The molecule has 0 saturated carbocycles. The van der Waals surface area contributed by atoms with Crippen molar-refractivity contribution in [3.8, 4) is 11.3 Å². The minimum Gasteiger partial charge on any atom is -0.296 e. The number of hydrogen-bond acceptors (Lipinski definition) is 2. The molecular formula is C17H22N2O. The molecule has 0 N–H and O–H groups in total. The summed E-state index contributed by atoms with van der Waals surface area (Å²) in [6, 6.07) is 10.3. The Morgan fingerprint density at radius 2 is 1.90 bits per heavy atom. The molecule has 106 valence electrons. The number of aromatic nitrogens is 2. The first-order valence-corrected chi connectivity index (χ1v) is 7.33. The summed E-state index contributed by atoms with van der Waals surface area (Å²) in [5.74, 6) is 0. The summed E-state index contributed by atoms with van der Waals surface area (Å²) in [7, 11) is 1.79. The maximum atomic E-state index is 10.8.